The van der Waals surface area contributed by atoms with Crippen LogP contribution in [0, 0.1) is 0 Å². The molecule has 1 aliphatic rings. The third-order valence-corrected chi connectivity index (χ3v) is 7.08. The maximum atomic E-state index is 12.8. The first-order valence-corrected chi connectivity index (χ1v) is 11.2. The predicted molar refractivity (Wildman–Crippen MR) is 110 cm³/mol. The van der Waals surface area contributed by atoms with E-state index in [1.165, 1.54) is 4.31 Å². The van der Waals surface area contributed by atoms with Crippen molar-refractivity contribution in [3.63, 3.8) is 0 Å². The molecule has 1 fully saturated rings. The monoisotopic (exact) mass is 432 g/mol. The van der Waals surface area contributed by atoms with Crippen molar-refractivity contribution in [3.05, 3.63) is 65.5 Å². The summed E-state index contributed by atoms with van der Waals surface area (Å²) in [6, 6.07) is 15.9. The number of rotatable bonds is 6. The summed E-state index contributed by atoms with van der Waals surface area (Å²) >= 11 is 5.86. The molecule has 4 rings (SSSR count). The van der Waals surface area contributed by atoms with Gasteiger partial charge in [-0.3, -0.25) is 0 Å². The van der Waals surface area contributed by atoms with E-state index >= 15 is 0 Å². The van der Waals surface area contributed by atoms with Gasteiger partial charge < -0.3 is 9.32 Å². The van der Waals surface area contributed by atoms with Crippen LogP contribution >= 0.6 is 11.6 Å². The Balaban J connectivity index is 1.30. The fourth-order valence-corrected chi connectivity index (χ4v) is 4.80. The quantitative estimate of drug-likeness (QED) is 0.595. The van der Waals surface area contributed by atoms with Gasteiger partial charge in [0.1, 0.15) is 0 Å². The molecule has 1 saturated heterocycles. The van der Waals surface area contributed by atoms with E-state index in [0.717, 1.165) is 12.1 Å². The third-order valence-electron chi connectivity index (χ3n) is 4.91. The largest absolute Gasteiger partial charge is 0.421 e. The highest BCUT2D eigenvalue weighted by molar-refractivity contribution is 7.89. The summed E-state index contributed by atoms with van der Waals surface area (Å²) in [4.78, 5) is 2.48. The first-order chi connectivity index (χ1) is 14.0. The fraction of sp³-hybridized carbons (Fsp3) is 0.300. The van der Waals surface area contributed by atoms with E-state index in [4.69, 9.17) is 16.0 Å². The van der Waals surface area contributed by atoms with Gasteiger partial charge in [0.25, 0.3) is 0 Å². The van der Waals surface area contributed by atoms with Crippen LogP contribution in [0.3, 0.4) is 0 Å². The number of nitrogens with zero attached hydrogens (tertiary/aromatic N) is 4. The van der Waals surface area contributed by atoms with E-state index in [-0.39, 0.29) is 4.90 Å². The smallest absolute Gasteiger partial charge is 0.247 e. The first kappa shape index (κ1) is 20.0. The summed E-state index contributed by atoms with van der Waals surface area (Å²) in [6.45, 7) is 2.96. The lowest BCUT2D eigenvalue weighted by Gasteiger charge is -2.33. The second-order valence-corrected chi connectivity index (χ2v) is 9.19. The molecule has 152 valence electrons. The van der Waals surface area contributed by atoms with Gasteiger partial charge in [-0.25, -0.2) is 8.42 Å². The summed E-state index contributed by atoms with van der Waals surface area (Å²) in [5.41, 5.74) is 0.896. The van der Waals surface area contributed by atoms with E-state index in [1.54, 1.807) is 24.3 Å². The molecule has 0 bridgehead atoms. The van der Waals surface area contributed by atoms with E-state index < -0.39 is 10.0 Å². The molecule has 1 aromatic heterocycles. The molecule has 1 aliphatic heterocycles. The van der Waals surface area contributed by atoms with Crippen LogP contribution in [0.1, 0.15) is 5.89 Å². The summed E-state index contributed by atoms with van der Waals surface area (Å²) in [5.74, 6) is 1.10. The van der Waals surface area contributed by atoms with Crippen molar-refractivity contribution < 1.29 is 12.8 Å². The number of aromatic nitrogens is 2. The zero-order valence-corrected chi connectivity index (χ0v) is 17.3. The van der Waals surface area contributed by atoms with Crippen LogP contribution < -0.4 is 0 Å². The summed E-state index contributed by atoms with van der Waals surface area (Å²) < 4.78 is 32.8. The molecule has 0 spiro atoms. The van der Waals surface area contributed by atoms with E-state index in [0.29, 0.717) is 49.4 Å². The molecule has 9 heteroatoms. The van der Waals surface area contributed by atoms with Gasteiger partial charge in [0, 0.05) is 49.7 Å². The minimum Gasteiger partial charge on any atom is -0.421 e. The predicted octanol–water partition coefficient (Wildman–Crippen LogP) is 2.94. The van der Waals surface area contributed by atoms with Gasteiger partial charge in [0.05, 0.1) is 4.90 Å². The van der Waals surface area contributed by atoms with Crippen molar-refractivity contribution in [2.75, 3.05) is 32.7 Å². The van der Waals surface area contributed by atoms with Crippen LogP contribution in [0.2, 0.25) is 5.02 Å². The second-order valence-electron chi connectivity index (χ2n) is 6.82. The van der Waals surface area contributed by atoms with Crippen LogP contribution in [0.25, 0.3) is 11.5 Å². The van der Waals surface area contributed by atoms with Crippen molar-refractivity contribution in [1.82, 2.24) is 19.4 Å². The summed E-state index contributed by atoms with van der Waals surface area (Å²) in [5, 5.41) is 8.74. The maximum absolute atomic E-state index is 12.8. The van der Waals surface area contributed by atoms with Crippen molar-refractivity contribution in [2.24, 2.45) is 0 Å². The summed E-state index contributed by atoms with van der Waals surface area (Å²) in [7, 11) is -3.49. The third kappa shape index (κ3) is 4.67. The summed E-state index contributed by atoms with van der Waals surface area (Å²) in [6.07, 6.45) is 0.629. The number of hydrogen-bond acceptors (Lipinski definition) is 6. The Morgan fingerprint density at radius 2 is 1.62 bits per heavy atom. The molecule has 0 aliphatic carbocycles. The molecule has 0 saturated carbocycles. The van der Waals surface area contributed by atoms with Crippen molar-refractivity contribution in [2.45, 2.75) is 11.3 Å². The van der Waals surface area contributed by atoms with E-state index in [1.807, 2.05) is 30.3 Å². The lowest BCUT2D eigenvalue weighted by Crippen LogP contribution is -2.49. The lowest BCUT2D eigenvalue weighted by molar-refractivity contribution is 0.187. The number of piperazine rings is 1. The van der Waals surface area contributed by atoms with E-state index in [9.17, 15) is 8.42 Å². The number of sulfonamides is 1. The highest BCUT2D eigenvalue weighted by Gasteiger charge is 2.28. The van der Waals surface area contributed by atoms with Gasteiger partial charge in [-0.15, -0.1) is 10.2 Å². The minimum atomic E-state index is -3.49. The van der Waals surface area contributed by atoms with Gasteiger partial charge in [-0.05, 0) is 36.4 Å². The molecular weight excluding hydrogens is 412 g/mol. The van der Waals surface area contributed by atoms with Gasteiger partial charge >= 0.3 is 0 Å². The average molecular weight is 433 g/mol. The van der Waals surface area contributed by atoms with Gasteiger partial charge in [-0.2, -0.15) is 4.31 Å². The Morgan fingerprint density at radius 3 is 2.31 bits per heavy atom. The Bertz CT molecular complexity index is 1050. The molecule has 0 amide bonds. The van der Waals surface area contributed by atoms with Crippen molar-refractivity contribution in [3.8, 4) is 11.5 Å². The second kappa shape index (κ2) is 8.62. The Morgan fingerprint density at radius 1 is 0.931 bits per heavy atom. The standard InChI is InChI=1S/C20H21ClN4O3S/c21-17-6-8-18(9-7-17)29(26,27)25-14-12-24(13-15-25)11-10-19-22-23-20(28-19)16-4-2-1-3-5-16/h1-9H,10-15H2. The molecule has 29 heavy (non-hydrogen) atoms. The van der Waals surface area contributed by atoms with Crippen LogP contribution in [-0.2, 0) is 16.4 Å². The molecule has 2 aromatic carbocycles. The Kier molecular flexibility index (Phi) is 5.96. The van der Waals surface area contributed by atoms with Gasteiger partial charge in [0.15, 0.2) is 0 Å². The van der Waals surface area contributed by atoms with Gasteiger partial charge in [-0.1, -0.05) is 29.8 Å². The van der Waals surface area contributed by atoms with Crippen LogP contribution in [0.4, 0.5) is 0 Å². The SMILES string of the molecule is O=S(=O)(c1ccc(Cl)cc1)N1CCN(CCc2nnc(-c3ccccc3)o2)CC1. The topological polar surface area (TPSA) is 79.5 Å². The lowest BCUT2D eigenvalue weighted by atomic mass is 10.2. The molecule has 0 radical (unpaired) electrons. The van der Waals surface area contributed by atoms with Crippen molar-refractivity contribution in [1.29, 1.82) is 0 Å². The molecule has 2 heterocycles. The molecule has 7 nitrogen and oxygen atoms in total. The molecular formula is C20H21ClN4O3S. The van der Waals surface area contributed by atoms with Crippen LogP contribution in [0.15, 0.2) is 63.9 Å². The normalized spacial score (nSPS) is 16.2. The molecule has 3 aromatic rings. The fourth-order valence-electron chi connectivity index (χ4n) is 3.25. The highest BCUT2D eigenvalue weighted by atomic mass is 35.5. The number of hydrogen-bond donors (Lipinski definition) is 0. The highest BCUT2D eigenvalue weighted by Crippen LogP contribution is 2.20. The maximum Gasteiger partial charge on any atom is 0.247 e. The molecule has 0 atom stereocenters. The van der Waals surface area contributed by atoms with Crippen LogP contribution in [0.5, 0.6) is 0 Å². The van der Waals surface area contributed by atoms with Crippen molar-refractivity contribution >= 4 is 21.6 Å². The van der Waals surface area contributed by atoms with Crippen LogP contribution in [-0.4, -0.2) is 60.5 Å². The Hall–Kier alpha value is -2.26. The zero-order valence-electron chi connectivity index (χ0n) is 15.7. The zero-order chi connectivity index (χ0) is 20.3. The van der Waals surface area contributed by atoms with E-state index in [2.05, 4.69) is 15.1 Å². The molecule has 0 unspecified atom stereocenters. The first-order valence-electron chi connectivity index (χ1n) is 9.38. The Labute approximate surface area is 175 Å². The average Bonchev–Trinajstić information content (AvgIpc) is 3.23. The number of halogens is 1. The minimum absolute atomic E-state index is 0.273. The van der Waals surface area contributed by atoms with Gasteiger partial charge in [0.2, 0.25) is 21.8 Å². The molecule has 0 N–H and O–H groups in total. The number of benzene rings is 2.